The molecule has 0 amide bonds. The lowest BCUT2D eigenvalue weighted by Gasteiger charge is -2.26. The first-order valence-corrected chi connectivity index (χ1v) is 7.84. The minimum absolute atomic E-state index is 0.192. The summed E-state index contributed by atoms with van der Waals surface area (Å²) in [6.07, 6.45) is 3.23. The molecule has 3 heteroatoms. The Bertz CT molecular complexity index is 377. The van der Waals surface area contributed by atoms with Crippen LogP contribution in [0.2, 0.25) is 0 Å². The summed E-state index contributed by atoms with van der Waals surface area (Å²) in [6.45, 7) is 9.74. The third-order valence-electron chi connectivity index (χ3n) is 4.18. The lowest BCUT2D eigenvalue weighted by molar-refractivity contribution is 0.226. The maximum Gasteiger partial charge on any atom is 0.127 e. The molecule has 0 fully saturated rings. The fraction of sp³-hybridized carbons (Fsp3) is 0.647. The number of nitrogens with two attached hydrogens (primary N) is 1. The zero-order valence-electron chi connectivity index (χ0n) is 13.1. The molecule has 0 radical (unpaired) electrons. The van der Waals surface area contributed by atoms with Gasteiger partial charge in [0.2, 0.25) is 0 Å². The van der Waals surface area contributed by atoms with Crippen molar-refractivity contribution in [2.24, 2.45) is 11.7 Å². The summed E-state index contributed by atoms with van der Waals surface area (Å²) in [5, 5.41) is 0. The quantitative estimate of drug-likeness (QED) is 0.741. The van der Waals surface area contributed by atoms with E-state index < -0.39 is 0 Å². The number of nitrogens with zero attached hydrogens (tertiary/aromatic N) is 1. The highest BCUT2D eigenvalue weighted by atomic mass is 19.1. The van der Waals surface area contributed by atoms with Gasteiger partial charge < -0.3 is 10.6 Å². The highest BCUT2D eigenvalue weighted by Crippen LogP contribution is 2.18. The third-order valence-corrected chi connectivity index (χ3v) is 4.18. The normalized spacial score (nSPS) is 13.2. The lowest BCUT2D eigenvalue weighted by Crippen LogP contribution is -2.32. The van der Waals surface area contributed by atoms with Crippen LogP contribution in [0.4, 0.5) is 4.39 Å². The molecule has 0 aliphatic rings. The van der Waals surface area contributed by atoms with Crippen LogP contribution in [0.1, 0.15) is 51.6 Å². The lowest BCUT2D eigenvalue weighted by atomic mass is 10.0. The van der Waals surface area contributed by atoms with Crippen molar-refractivity contribution in [2.45, 2.75) is 46.1 Å². The summed E-state index contributed by atoms with van der Waals surface area (Å²) in [4.78, 5) is 2.43. The van der Waals surface area contributed by atoms with Gasteiger partial charge in [-0.3, -0.25) is 0 Å². The smallest absolute Gasteiger partial charge is 0.127 e. The first-order chi connectivity index (χ1) is 9.62. The Balaban J connectivity index is 2.49. The summed E-state index contributed by atoms with van der Waals surface area (Å²) < 4.78 is 13.7. The maximum absolute atomic E-state index is 13.7. The molecule has 2 nitrogen and oxygen atoms in total. The predicted octanol–water partition coefficient (Wildman–Crippen LogP) is 3.97. The van der Waals surface area contributed by atoms with Crippen LogP contribution >= 0.6 is 0 Å². The summed E-state index contributed by atoms with van der Waals surface area (Å²) in [6, 6.07) is 6.61. The van der Waals surface area contributed by atoms with Crippen molar-refractivity contribution in [3.8, 4) is 0 Å². The molecular formula is C17H29FN2. The molecule has 0 aliphatic carbocycles. The maximum atomic E-state index is 13.7. The monoisotopic (exact) mass is 280 g/mol. The Labute approximate surface area is 123 Å². The summed E-state index contributed by atoms with van der Waals surface area (Å²) >= 11 is 0. The van der Waals surface area contributed by atoms with E-state index in [1.54, 1.807) is 12.1 Å². The van der Waals surface area contributed by atoms with E-state index in [1.165, 1.54) is 18.9 Å². The Morgan fingerprint density at radius 1 is 1.15 bits per heavy atom. The number of halogens is 1. The molecule has 0 spiro atoms. The first kappa shape index (κ1) is 17.1. The van der Waals surface area contributed by atoms with E-state index in [1.807, 2.05) is 6.07 Å². The highest BCUT2D eigenvalue weighted by Gasteiger charge is 2.14. The topological polar surface area (TPSA) is 29.3 Å². The van der Waals surface area contributed by atoms with Gasteiger partial charge in [-0.15, -0.1) is 0 Å². The molecule has 1 rings (SSSR count). The van der Waals surface area contributed by atoms with Gasteiger partial charge in [0.1, 0.15) is 5.82 Å². The van der Waals surface area contributed by atoms with E-state index in [2.05, 4.69) is 25.7 Å². The summed E-state index contributed by atoms with van der Waals surface area (Å²) in [7, 11) is 0. The second-order valence-electron chi connectivity index (χ2n) is 5.49. The van der Waals surface area contributed by atoms with Crippen LogP contribution in [0.5, 0.6) is 0 Å². The highest BCUT2D eigenvalue weighted by molar-refractivity contribution is 5.20. The summed E-state index contributed by atoms with van der Waals surface area (Å²) in [5.74, 6) is 0.558. The fourth-order valence-electron chi connectivity index (χ4n) is 2.54. The van der Waals surface area contributed by atoms with Crippen LogP contribution < -0.4 is 5.73 Å². The Hall–Kier alpha value is -0.930. The van der Waals surface area contributed by atoms with Gasteiger partial charge in [-0.05, 0) is 31.5 Å². The van der Waals surface area contributed by atoms with Crippen LogP contribution in [0.3, 0.4) is 0 Å². The van der Waals surface area contributed by atoms with Gasteiger partial charge >= 0.3 is 0 Å². The SMILES string of the molecule is CCC(CC)CN(CC)CCC(N)c1ccccc1F. The fourth-order valence-corrected chi connectivity index (χ4v) is 2.54. The van der Waals surface area contributed by atoms with Crippen molar-refractivity contribution in [2.75, 3.05) is 19.6 Å². The van der Waals surface area contributed by atoms with E-state index >= 15 is 0 Å². The second kappa shape index (κ2) is 9.09. The molecule has 0 aliphatic heterocycles. The molecule has 20 heavy (non-hydrogen) atoms. The van der Waals surface area contributed by atoms with Crippen LogP contribution in [0, 0.1) is 11.7 Å². The van der Waals surface area contributed by atoms with Crippen LogP contribution in [0.15, 0.2) is 24.3 Å². The number of hydrogen-bond donors (Lipinski definition) is 1. The van der Waals surface area contributed by atoms with Gasteiger partial charge in [0.05, 0.1) is 0 Å². The van der Waals surface area contributed by atoms with Crippen molar-refractivity contribution in [1.29, 1.82) is 0 Å². The van der Waals surface area contributed by atoms with E-state index in [9.17, 15) is 4.39 Å². The first-order valence-electron chi connectivity index (χ1n) is 7.84. The molecule has 2 N–H and O–H groups in total. The zero-order chi connectivity index (χ0) is 15.0. The van der Waals surface area contributed by atoms with Crippen LogP contribution in [0.25, 0.3) is 0 Å². The third kappa shape index (κ3) is 5.22. The van der Waals surface area contributed by atoms with Crippen molar-refractivity contribution in [3.05, 3.63) is 35.6 Å². The number of rotatable bonds is 9. The molecule has 1 unspecified atom stereocenters. The van der Waals surface area contributed by atoms with Gasteiger partial charge in [-0.2, -0.15) is 0 Å². The van der Waals surface area contributed by atoms with E-state index in [4.69, 9.17) is 5.73 Å². The molecule has 1 aromatic rings. The zero-order valence-corrected chi connectivity index (χ0v) is 13.1. The molecular weight excluding hydrogens is 251 g/mol. The molecule has 0 heterocycles. The Morgan fingerprint density at radius 2 is 1.80 bits per heavy atom. The van der Waals surface area contributed by atoms with Crippen molar-refractivity contribution in [1.82, 2.24) is 4.90 Å². The molecule has 1 atom stereocenters. The van der Waals surface area contributed by atoms with Gasteiger partial charge in [-0.25, -0.2) is 4.39 Å². The Morgan fingerprint density at radius 3 is 2.35 bits per heavy atom. The average Bonchev–Trinajstić information content (AvgIpc) is 2.48. The van der Waals surface area contributed by atoms with Crippen LogP contribution in [-0.2, 0) is 0 Å². The number of hydrogen-bond acceptors (Lipinski definition) is 2. The van der Waals surface area contributed by atoms with E-state index in [0.717, 1.165) is 32.0 Å². The van der Waals surface area contributed by atoms with Gasteiger partial charge in [0.15, 0.2) is 0 Å². The van der Waals surface area contributed by atoms with Crippen molar-refractivity contribution >= 4 is 0 Å². The Kier molecular flexibility index (Phi) is 7.78. The molecule has 0 saturated heterocycles. The minimum Gasteiger partial charge on any atom is -0.324 e. The van der Waals surface area contributed by atoms with E-state index in [0.29, 0.717) is 5.56 Å². The van der Waals surface area contributed by atoms with Gasteiger partial charge in [-0.1, -0.05) is 51.8 Å². The largest absolute Gasteiger partial charge is 0.324 e. The predicted molar refractivity (Wildman–Crippen MR) is 84.1 cm³/mol. The van der Waals surface area contributed by atoms with Gasteiger partial charge in [0.25, 0.3) is 0 Å². The minimum atomic E-state index is -0.216. The molecule has 0 saturated carbocycles. The van der Waals surface area contributed by atoms with Crippen LogP contribution in [-0.4, -0.2) is 24.5 Å². The molecule has 0 bridgehead atoms. The molecule has 114 valence electrons. The van der Waals surface area contributed by atoms with Crippen molar-refractivity contribution in [3.63, 3.8) is 0 Å². The van der Waals surface area contributed by atoms with Gasteiger partial charge in [0, 0.05) is 18.2 Å². The van der Waals surface area contributed by atoms with E-state index in [-0.39, 0.29) is 11.9 Å². The standard InChI is InChI=1S/C17H29FN2/c1-4-14(5-2)13-20(6-3)12-11-17(19)15-9-7-8-10-16(15)18/h7-10,14,17H,4-6,11-13,19H2,1-3H3. The second-order valence-corrected chi connectivity index (χ2v) is 5.49. The molecule has 1 aromatic carbocycles. The number of benzene rings is 1. The summed E-state index contributed by atoms with van der Waals surface area (Å²) in [5.41, 5.74) is 6.76. The molecule has 0 aromatic heterocycles. The average molecular weight is 280 g/mol. The van der Waals surface area contributed by atoms with Crippen molar-refractivity contribution < 1.29 is 4.39 Å².